The number of nitrogens with one attached hydrogen (secondary N) is 6. The minimum Gasteiger partial charge on any atom is -0.508 e. The van der Waals surface area contributed by atoms with E-state index in [1.54, 1.807) is 0 Å². The average molecular weight is 944 g/mol. The number of aliphatic imine (C=N–C) groups is 1. The average Bonchev–Trinajstić information content (AvgIpc) is 3.27. The van der Waals surface area contributed by atoms with Crippen LogP contribution in [0.4, 0.5) is 0 Å². The van der Waals surface area contributed by atoms with Gasteiger partial charge in [0.15, 0.2) is 5.96 Å². The fourth-order valence-electron chi connectivity index (χ4n) is 8.10. The molecular formula is C43H69N13O11. The Hall–Kier alpha value is -6.11. The van der Waals surface area contributed by atoms with Gasteiger partial charge < -0.3 is 68.5 Å². The van der Waals surface area contributed by atoms with E-state index in [2.05, 4.69) is 51.6 Å². The number of phenolic OH excluding ortho intramolecular Hbond substituents is 1. The highest BCUT2D eigenvalue weighted by Gasteiger charge is 2.33. The molecule has 6 amide bonds. The van der Waals surface area contributed by atoms with Crippen LogP contribution in [0.15, 0.2) is 29.3 Å². The van der Waals surface area contributed by atoms with Crippen LogP contribution in [0.1, 0.15) is 56.9 Å². The topological polar surface area (TPSA) is 347 Å². The number of rotatable bonds is 17. The highest BCUT2D eigenvalue weighted by molar-refractivity contribution is 5.98. The molecule has 6 atom stereocenters. The van der Waals surface area contributed by atoms with Crippen LogP contribution >= 0.6 is 0 Å². The number of fused-ring (bicyclic) bond motifs is 3. The largest absolute Gasteiger partial charge is 0.508 e. The summed E-state index contributed by atoms with van der Waals surface area (Å²) in [5.41, 5.74) is 11.4. The number of unbranched alkanes of at least 4 members (excludes halogenated alkanes) is 1. The molecule has 3 saturated heterocycles. The quantitative estimate of drug-likeness (QED) is 0.0402. The van der Waals surface area contributed by atoms with Gasteiger partial charge >= 0.3 is 11.9 Å². The molecule has 0 saturated carbocycles. The lowest BCUT2D eigenvalue weighted by Crippen LogP contribution is -2.58. The number of guanidine groups is 1. The van der Waals surface area contributed by atoms with E-state index in [4.69, 9.17) is 11.5 Å². The zero-order valence-corrected chi connectivity index (χ0v) is 38.1. The van der Waals surface area contributed by atoms with E-state index in [1.165, 1.54) is 24.3 Å². The van der Waals surface area contributed by atoms with Crippen molar-refractivity contribution in [3.05, 3.63) is 29.8 Å². The van der Waals surface area contributed by atoms with Crippen LogP contribution in [0.5, 0.6) is 5.75 Å². The summed E-state index contributed by atoms with van der Waals surface area (Å²) in [6, 6.07) is 0.281. The van der Waals surface area contributed by atoms with Gasteiger partial charge in [-0.25, -0.2) is 0 Å². The first kappa shape index (κ1) is 53.5. The van der Waals surface area contributed by atoms with Crippen molar-refractivity contribution >= 4 is 53.3 Å². The first-order valence-electron chi connectivity index (χ1n) is 23.0. The smallest absolute Gasteiger partial charge is 0.317 e. The fraction of sp³-hybridized carbons (Fsp3) is 0.651. The third-order valence-electron chi connectivity index (χ3n) is 11.7. The molecule has 4 rings (SSSR count). The molecular weight excluding hydrogens is 875 g/mol. The first-order valence-corrected chi connectivity index (χ1v) is 23.0. The zero-order valence-electron chi connectivity index (χ0n) is 38.1. The first-order chi connectivity index (χ1) is 32.0. The predicted octanol–water partition coefficient (Wildman–Crippen LogP) is -4.08. The Labute approximate surface area is 390 Å². The molecule has 2 unspecified atom stereocenters. The molecule has 24 nitrogen and oxygen atoms in total. The number of hydrogen-bond acceptors (Lipinski definition) is 14. The van der Waals surface area contributed by atoms with Gasteiger partial charge in [0.1, 0.15) is 29.9 Å². The van der Waals surface area contributed by atoms with E-state index >= 15 is 0 Å². The Kier molecular flexibility index (Phi) is 22.5. The number of aliphatic carboxylic acids is 2. The minimum absolute atomic E-state index is 0.0223. The molecule has 2 bridgehead atoms. The normalized spacial score (nSPS) is 24.5. The monoisotopic (exact) mass is 944 g/mol. The van der Waals surface area contributed by atoms with Crippen molar-refractivity contribution in [3.63, 3.8) is 0 Å². The lowest BCUT2D eigenvalue weighted by Gasteiger charge is -2.35. The van der Waals surface area contributed by atoms with Crippen molar-refractivity contribution in [2.75, 3.05) is 98.2 Å². The van der Waals surface area contributed by atoms with Crippen molar-refractivity contribution < 1.29 is 53.7 Å². The third kappa shape index (κ3) is 20.5. The zero-order chi connectivity index (χ0) is 48.7. The molecule has 3 aliphatic rings. The Morgan fingerprint density at radius 2 is 1.19 bits per heavy atom. The number of benzene rings is 1. The maximum Gasteiger partial charge on any atom is 0.317 e. The van der Waals surface area contributed by atoms with Crippen LogP contribution in [0, 0.1) is 0 Å². The number of carboxylic acids is 2. The van der Waals surface area contributed by atoms with E-state index in [0.717, 1.165) is 52.1 Å². The number of amides is 6. The van der Waals surface area contributed by atoms with Crippen LogP contribution < -0.4 is 43.4 Å². The van der Waals surface area contributed by atoms with Crippen LogP contribution in [0.25, 0.3) is 0 Å². The van der Waals surface area contributed by atoms with Crippen LogP contribution in [-0.4, -0.2) is 211 Å². The third-order valence-corrected chi connectivity index (χ3v) is 11.7. The lowest BCUT2D eigenvalue weighted by molar-refractivity contribution is -0.141. The van der Waals surface area contributed by atoms with Gasteiger partial charge in [0, 0.05) is 65.3 Å². The number of phenols is 1. The Morgan fingerprint density at radius 1 is 0.642 bits per heavy atom. The van der Waals surface area contributed by atoms with Crippen molar-refractivity contribution in [1.82, 2.24) is 51.5 Å². The van der Waals surface area contributed by atoms with E-state index < -0.39 is 78.6 Å². The van der Waals surface area contributed by atoms with Crippen molar-refractivity contribution in [3.8, 4) is 5.75 Å². The maximum absolute atomic E-state index is 14.1. The molecule has 3 aliphatic heterocycles. The van der Waals surface area contributed by atoms with Gasteiger partial charge in [0.05, 0.1) is 26.1 Å². The number of carboxylic acid groups (broad SMARTS) is 2. The van der Waals surface area contributed by atoms with Crippen molar-refractivity contribution in [1.29, 1.82) is 0 Å². The molecule has 1 aromatic rings. The number of nitrogens with two attached hydrogens (primary N) is 2. The number of carbonyl (C=O) groups is 8. The SMILES string of the molecule is NC(N)=NCCC[C@@H]1NC(=O)[C@H](CCCCNC(=O)CN2CCCN3CCN(CCCN(CC(=O)O)CC3)CC2)NC(=O)[C@@H](Cc2ccc(O)cc2)NC(=O)[C@H](CC(=O)O)NC(=O)CNC1=O. The highest BCUT2D eigenvalue weighted by Crippen LogP contribution is 2.14. The van der Waals surface area contributed by atoms with Gasteiger partial charge in [0.25, 0.3) is 0 Å². The summed E-state index contributed by atoms with van der Waals surface area (Å²) in [5, 5.41) is 44.3. The molecule has 67 heavy (non-hydrogen) atoms. The fourth-order valence-corrected chi connectivity index (χ4v) is 8.10. The molecule has 13 N–H and O–H groups in total. The van der Waals surface area contributed by atoms with Crippen LogP contribution in [0.2, 0.25) is 0 Å². The Balaban J connectivity index is 1.44. The molecule has 3 fully saturated rings. The van der Waals surface area contributed by atoms with Crippen molar-refractivity contribution in [2.45, 2.75) is 82.0 Å². The van der Waals surface area contributed by atoms with Gasteiger partial charge in [-0.2, -0.15) is 0 Å². The Bertz CT molecular complexity index is 1870. The minimum atomic E-state index is -1.64. The second-order valence-electron chi connectivity index (χ2n) is 17.1. The number of aromatic hydroxyl groups is 1. The molecule has 0 aromatic heterocycles. The predicted molar refractivity (Wildman–Crippen MR) is 244 cm³/mol. The van der Waals surface area contributed by atoms with Crippen LogP contribution in [-0.2, 0) is 44.8 Å². The molecule has 372 valence electrons. The summed E-state index contributed by atoms with van der Waals surface area (Å²) >= 11 is 0. The van der Waals surface area contributed by atoms with Crippen molar-refractivity contribution in [2.24, 2.45) is 16.5 Å². The molecule has 0 aliphatic carbocycles. The van der Waals surface area contributed by atoms with Gasteiger partial charge in [-0.1, -0.05) is 12.1 Å². The van der Waals surface area contributed by atoms with E-state index in [9.17, 15) is 53.7 Å². The summed E-state index contributed by atoms with van der Waals surface area (Å²) in [6.07, 6.45) is 1.73. The second kappa shape index (κ2) is 28.2. The summed E-state index contributed by atoms with van der Waals surface area (Å²) in [5.74, 6) is -6.88. The molecule has 1 aromatic carbocycles. The number of hydrogen-bond donors (Lipinski definition) is 11. The maximum atomic E-state index is 14.1. The number of carbonyl (C=O) groups excluding carboxylic acids is 6. The van der Waals surface area contributed by atoms with E-state index in [-0.39, 0.29) is 69.5 Å². The van der Waals surface area contributed by atoms with Gasteiger partial charge in [-0.05, 0) is 82.3 Å². The number of nitrogens with zero attached hydrogens (tertiary/aromatic N) is 5. The lowest BCUT2D eigenvalue weighted by atomic mass is 10.0. The molecule has 0 spiro atoms. The van der Waals surface area contributed by atoms with E-state index in [1.807, 2.05) is 4.90 Å². The molecule has 24 heteroatoms. The Morgan fingerprint density at radius 3 is 1.81 bits per heavy atom. The summed E-state index contributed by atoms with van der Waals surface area (Å²) < 4.78 is 0. The highest BCUT2D eigenvalue weighted by atomic mass is 16.4. The molecule has 3 heterocycles. The van der Waals surface area contributed by atoms with Gasteiger partial charge in [0.2, 0.25) is 35.4 Å². The summed E-state index contributed by atoms with van der Waals surface area (Å²) in [6.45, 7) is 7.72. The van der Waals surface area contributed by atoms with Crippen LogP contribution in [0.3, 0.4) is 0 Å². The van der Waals surface area contributed by atoms with E-state index in [0.29, 0.717) is 44.6 Å². The standard InChI is InChI=1S/C43H69N13O11/c44-43(45)47-13-3-7-31-39(64)48-26-35(58)49-34(25-37(60)61)42(67)52-33(24-29-8-10-30(57)11-9-29)41(66)51-32(40(65)50-31)6-1-2-12-46-36(59)27-55-16-4-14-54-19-18-53(20-22-55)15-5-17-56(23-21-54)28-38(62)63/h8-11,31-34,57H,1-7,12-28H2,(H,46,59)(H,48,64)(H,49,58)(H,50,65)(H,51,66)(H,52,67)(H,60,61)(H,62,63)(H4,44,45,47)/t31-,32-,33+,34-/m0/s1. The van der Waals surface area contributed by atoms with Gasteiger partial charge in [-0.3, -0.25) is 53.1 Å². The van der Waals surface area contributed by atoms with Gasteiger partial charge in [-0.15, -0.1) is 0 Å². The molecule has 0 radical (unpaired) electrons. The summed E-state index contributed by atoms with van der Waals surface area (Å²) in [4.78, 5) is 117. The second-order valence-corrected chi connectivity index (χ2v) is 17.1. The summed E-state index contributed by atoms with van der Waals surface area (Å²) in [7, 11) is 0.